The SMILES string of the molecule is O=C(O)[C@@H]1CN(Cc2csc(Cl)c2Cl)C[C@H]1C(F)(F)F. The predicted octanol–water partition coefficient (Wildman–Crippen LogP) is 3.75. The minimum absolute atomic E-state index is 0.149. The Morgan fingerprint density at radius 3 is 2.50 bits per heavy atom. The molecular weight excluding hydrogens is 338 g/mol. The number of alkyl halides is 3. The van der Waals surface area contributed by atoms with E-state index >= 15 is 0 Å². The van der Waals surface area contributed by atoms with Crippen molar-refractivity contribution in [2.75, 3.05) is 13.1 Å². The molecule has 1 N–H and O–H groups in total. The van der Waals surface area contributed by atoms with Gasteiger partial charge in [0.05, 0.1) is 16.9 Å². The topological polar surface area (TPSA) is 40.5 Å². The van der Waals surface area contributed by atoms with E-state index in [1.807, 2.05) is 0 Å². The maximum absolute atomic E-state index is 12.8. The number of carboxylic acids is 1. The van der Waals surface area contributed by atoms with Gasteiger partial charge in [0.25, 0.3) is 0 Å². The largest absolute Gasteiger partial charge is 0.481 e. The maximum Gasteiger partial charge on any atom is 0.393 e. The smallest absolute Gasteiger partial charge is 0.393 e. The van der Waals surface area contributed by atoms with Gasteiger partial charge in [0, 0.05) is 19.6 Å². The second-order valence-corrected chi connectivity index (χ2v) is 6.50. The normalized spacial score (nSPS) is 24.2. The number of carbonyl (C=O) groups is 1. The quantitative estimate of drug-likeness (QED) is 0.905. The molecule has 1 saturated heterocycles. The lowest BCUT2D eigenvalue weighted by Gasteiger charge is -2.18. The van der Waals surface area contributed by atoms with Crippen molar-refractivity contribution in [2.45, 2.75) is 12.7 Å². The molecule has 3 nitrogen and oxygen atoms in total. The van der Waals surface area contributed by atoms with E-state index in [4.69, 9.17) is 28.3 Å². The Labute approximate surface area is 126 Å². The van der Waals surface area contributed by atoms with Gasteiger partial charge < -0.3 is 5.11 Å². The molecule has 1 aliphatic rings. The summed E-state index contributed by atoms with van der Waals surface area (Å²) in [6.07, 6.45) is -4.52. The molecule has 0 aromatic carbocycles. The fraction of sp³-hybridized carbons (Fsp3) is 0.545. The standard InChI is InChI=1S/C11H10Cl2F3NO2S/c12-8-5(4-20-9(8)13)1-17-2-6(10(18)19)7(3-17)11(14,15)16/h4,6-7H,1-3H2,(H,18,19)/t6-,7-/m1/s1. The van der Waals surface area contributed by atoms with E-state index < -0.39 is 24.0 Å². The highest BCUT2D eigenvalue weighted by Gasteiger charge is 2.52. The molecular formula is C11H10Cl2F3NO2S. The summed E-state index contributed by atoms with van der Waals surface area (Å²) in [6.45, 7) is -0.327. The lowest BCUT2D eigenvalue weighted by atomic mass is 9.96. The van der Waals surface area contributed by atoms with Gasteiger partial charge in [-0.2, -0.15) is 13.2 Å². The van der Waals surface area contributed by atoms with Crippen molar-refractivity contribution in [3.8, 4) is 0 Å². The third-order valence-corrected chi connectivity index (χ3v) is 5.20. The van der Waals surface area contributed by atoms with Gasteiger partial charge in [-0.1, -0.05) is 23.2 Å². The third kappa shape index (κ3) is 3.21. The summed E-state index contributed by atoms with van der Waals surface area (Å²) >= 11 is 12.9. The fourth-order valence-electron chi connectivity index (χ4n) is 2.30. The van der Waals surface area contributed by atoms with Crippen LogP contribution in [0.4, 0.5) is 13.2 Å². The molecule has 0 saturated carbocycles. The first-order chi connectivity index (χ1) is 9.20. The van der Waals surface area contributed by atoms with Crippen LogP contribution in [0.25, 0.3) is 0 Å². The molecule has 0 radical (unpaired) electrons. The molecule has 0 amide bonds. The van der Waals surface area contributed by atoms with Crippen molar-refractivity contribution in [2.24, 2.45) is 11.8 Å². The molecule has 0 unspecified atom stereocenters. The van der Waals surface area contributed by atoms with Crippen LogP contribution in [0.1, 0.15) is 5.56 Å². The molecule has 9 heteroatoms. The van der Waals surface area contributed by atoms with Crippen molar-refractivity contribution < 1.29 is 23.1 Å². The van der Waals surface area contributed by atoms with Crippen LogP contribution in [0.15, 0.2) is 5.38 Å². The maximum atomic E-state index is 12.8. The van der Waals surface area contributed by atoms with E-state index in [1.54, 1.807) is 5.38 Å². The Morgan fingerprint density at radius 2 is 2.10 bits per heavy atom. The minimum atomic E-state index is -4.52. The second kappa shape index (κ2) is 5.71. The summed E-state index contributed by atoms with van der Waals surface area (Å²) in [4.78, 5) is 12.4. The Hall–Kier alpha value is -0.500. The molecule has 0 bridgehead atoms. The highest BCUT2D eigenvalue weighted by Crippen LogP contribution is 2.39. The number of nitrogens with zero attached hydrogens (tertiary/aromatic N) is 1. The molecule has 1 aromatic rings. The van der Waals surface area contributed by atoms with Crippen molar-refractivity contribution in [1.29, 1.82) is 0 Å². The van der Waals surface area contributed by atoms with Crippen LogP contribution in [-0.2, 0) is 11.3 Å². The Kier molecular flexibility index (Phi) is 4.53. The second-order valence-electron chi connectivity index (χ2n) is 4.64. The monoisotopic (exact) mass is 347 g/mol. The van der Waals surface area contributed by atoms with Crippen LogP contribution in [-0.4, -0.2) is 35.2 Å². The van der Waals surface area contributed by atoms with Gasteiger partial charge >= 0.3 is 12.1 Å². The molecule has 1 aliphatic heterocycles. The van der Waals surface area contributed by atoms with E-state index in [1.165, 1.54) is 16.2 Å². The Bertz CT molecular complexity index is 520. The molecule has 1 aromatic heterocycles. The van der Waals surface area contributed by atoms with Gasteiger partial charge in [-0.05, 0) is 10.9 Å². The van der Waals surface area contributed by atoms with Crippen LogP contribution in [0.2, 0.25) is 9.36 Å². The predicted molar refractivity (Wildman–Crippen MR) is 70.3 cm³/mol. The average Bonchev–Trinajstić information content (AvgIpc) is 2.88. The minimum Gasteiger partial charge on any atom is -0.481 e. The zero-order chi connectivity index (χ0) is 15.1. The van der Waals surface area contributed by atoms with Gasteiger partial charge in [-0.15, -0.1) is 11.3 Å². The zero-order valence-electron chi connectivity index (χ0n) is 9.95. The van der Waals surface area contributed by atoms with E-state index in [0.29, 0.717) is 14.9 Å². The molecule has 2 rings (SSSR count). The number of hydrogen-bond donors (Lipinski definition) is 1. The average molecular weight is 348 g/mol. The number of aliphatic carboxylic acids is 1. The lowest BCUT2D eigenvalue weighted by molar-refractivity contribution is -0.188. The summed E-state index contributed by atoms with van der Waals surface area (Å²) in [5.74, 6) is -4.72. The molecule has 112 valence electrons. The Morgan fingerprint density at radius 1 is 1.45 bits per heavy atom. The zero-order valence-corrected chi connectivity index (χ0v) is 12.3. The molecule has 20 heavy (non-hydrogen) atoms. The molecule has 2 heterocycles. The number of halogens is 5. The van der Waals surface area contributed by atoms with Crippen LogP contribution in [0, 0.1) is 11.8 Å². The van der Waals surface area contributed by atoms with Crippen molar-refractivity contribution in [1.82, 2.24) is 4.90 Å². The molecule has 0 aliphatic carbocycles. The van der Waals surface area contributed by atoms with Crippen LogP contribution < -0.4 is 0 Å². The number of carboxylic acid groups (broad SMARTS) is 1. The molecule has 2 atom stereocenters. The summed E-state index contributed by atoms with van der Waals surface area (Å²) < 4.78 is 38.9. The number of likely N-dealkylation sites (tertiary alicyclic amines) is 1. The van der Waals surface area contributed by atoms with Crippen LogP contribution >= 0.6 is 34.5 Å². The van der Waals surface area contributed by atoms with Gasteiger partial charge in [-0.25, -0.2) is 0 Å². The van der Waals surface area contributed by atoms with Gasteiger partial charge in [-0.3, -0.25) is 9.69 Å². The summed E-state index contributed by atoms with van der Waals surface area (Å²) in [5.41, 5.74) is 0.619. The third-order valence-electron chi connectivity index (χ3n) is 3.29. The van der Waals surface area contributed by atoms with Gasteiger partial charge in [0.1, 0.15) is 4.34 Å². The highest BCUT2D eigenvalue weighted by molar-refractivity contribution is 7.15. The highest BCUT2D eigenvalue weighted by atomic mass is 35.5. The number of rotatable bonds is 3. The van der Waals surface area contributed by atoms with E-state index in [-0.39, 0.29) is 19.6 Å². The van der Waals surface area contributed by atoms with E-state index in [2.05, 4.69) is 0 Å². The molecule has 1 fully saturated rings. The fourth-order valence-corrected chi connectivity index (χ4v) is 3.54. The van der Waals surface area contributed by atoms with E-state index in [9.17, 15) is 18.0 Å². The van der Waals surface area contributed by atoms with Crippen molar-refractivity contribution in [3.05, 3.63) is 20.3 Å². The van der Waals surface area contributed by atoms with Crippen LogP contribution in [0.3, 0.4) is 0 Å². The molecule has 0 spiro atoms. The Balaban J connectivity index is 2.12. The van der Waals surface area contributed by atoms with Crippen molar-refractivity contribution in [3.63, 3.8) is 0 Å². The van der Waals surface area contributed by atoms with Crippen LogP contribution in [0.5, 0.6) is 0 Å². The first kappa shape index (κ1) is 15.9. The first-order valence-corrected chi connectivity index (χ1v) is 7.27. The number of thiophene rings is 1. The van der Waals surface area contributed by atoms with Gasteiger partial charge in [0.2, 0.25) is 0 Å². The first-order valence-electron chi connectivity index (χ1n) is 5.63. The van der Waals surface area contributed by atoms with Crippen molar-refractivity contribution >= 4 is 40.5 Å². The lowest BCUT2D eigenvalue weighted by Crippen LogP contribution is -2.33. The summed E-state index contributed by atoms with van der Waals surface area (Å²) in [5, 5.41) is 10.9. The van der Waals surface area contributed by atoms with E-state index in [0.717, 1.165) is 0 Å². The number of hydrogen-bond acceptors (Lipinski definition) is 3. The summed E-state index contributed by atoms with van der Waals surface area (Å²) in [6, 6.07) is 0. The summed E-state index contributed by atoms with van der Waals surface area (Å²) in [7, 11) is 0. The van der Waals surface area contributed by atoms with Gasteiger partial charge in [0.15, 0.2) is 0 Å².